The van der Waals surface area contributed by atoms with Crippen molar-refractivity contribution < 1.29 is 14.3 Å². The first-order valence-electron chi connectivity index (χ1n) is 8.81. The molecule has 130 valence electrons. The molecule has 4 nitrogen and oxygen atoms in total. The number of benzene rings is 1. The Morgan fingerprint density at radius 1 is 1.21 bits per heavy atom. The number of carbonyl (C=O) groups is 2. The molecule has 0 unspecified atom stereocenters. The summed E-state index contributed by atoms with van der Waals surface area (Å²) in [7, 11) is 0. The Morgan fingerprint density at radius 2 is 1.96 bits per heavy atom. The van der Waals surface area contributed by atoms with Gasteiger partial charge in [0.1, 0.15) is 5.60 Å². The second-order valence-electron chi connectivity index (χ2n) is 6.69. The van der Waals surface area contributed by atoms with Crippen LogP contribution in [0.4, 0.5) is 0 Å². The zero-order valence-corrected chi connectivity index (χ0v) is 14.8. The maximum Gasteiger partial charge on any atom is 0.307 e. The van der Waals surface area contributed by atoms with Crippen molar-refractivity contribution in [3.05, 3.63) is 35.9 Å². The number of ether oxygens (including phenoxy) is 1. The number of thioether (sulfide) groups is 1. The van der Waals surface area contributed by atoms with Gasteiger partial charge in [-0.1, -0.05) is 36.8 Å². The monoisotopic (exact) mass is 347 g/mol. The van der Waals surface area contributed by atoms with Gasteiger partial charge in [0.15, 0.2) is 0 Å². The van der Waals surface area contributed by atoms with Gasteiger partial charge in [-0.2, -0.15) is 11.8 Å². The fraction of sp³-hybridized carbons (Fsp3) is 0.579. The number of esters is 1. The van der Waals surface area contributed by atoms with Crippen LogP contribution in [0.5, 0.6) is 0 Å². The molecule has 1 aromatic carbocycles. The molecule has 0 bridgehead atoms. The highest BCUT2D eigenvalue weighted by atomic mass is 32.2. The summed E-state index contributed by atoms with van der Waals surface area (Å²) >= 11 is 1.81. The molecule has 5 heteroatoms. The van der Waals surface area contributed by atoms with E-state index < -0.39 is 5.60 Å². The van der Waals surface area contributed by atoms with E-state index in [2.05, 4.69) is 17.4 Å². The van der Waals surface area contributed by atoms with Crippen molar-refractivity contribution in [1.29, 1.82) is 0 Å². The van der Waals surface area contributed by atoms with Crippen LogP contribution in [0.25, 0.3) is 0 Å². The first-order valence-corrected chi connectivity index (χ1v) is 9.96. The lowest BCUT2D eigenvalue weighted by Gasteiger charge is -2.36. The average Bonchev–Trinajstić information content (AvgIpc) is 2.91. The van der Waals surface area contributed by atoms with Crippen LogP contribution < -0.4 is 5.32 Å². The van der Waals surface area contributed by atoms with Gasteiger partial charge >= 0.3 is 5.97 Å². The van der Waals surface area contributed by atoms with Crippen LogP contribution in [-0.4, -0.2) is 29.8 Å². The highest BCUT2D eigenvalue weighted by molar-refractivity contribution is 7.98. The first kappa shape index (κ1) is 17.3. The molecule has 1 aliphatic carbocycles. The van der Waals surface area contributed by atoms with Gasteiger partial charge < -0.3 is 10.1 Å². The van der Waals surface area contributed by atoms with Crippen molar-refractivity contribution in [3.63, 3.8) is 0 Å². The van der Waals surface area contributed by atoms with Gasteiger partial charge in [0.05, 0.1) is 12.3 Å². The van der Waals surface area contributed by atoms with E-state index in [0.717, 1.165) is 37.2 Å². The minimum atomic E-state index is -0.517. The Hall–Kier alpha value is -1.49. The predicted molar refractivity (Wildman–Crippen MR) is 95.6 cm³/mol. The van der Waals surface area contributed by atoms with Crippen LogP contribution in [0.15, 0.2) is 30.3 Å². The number of hydrogen-bond donors (Lipinski definition) is 1. The summed E-state index contributed by atoms with van der Waals surface area (Å²) in [5.41, 5.74) is 0.779. The lowest BCUT2D eigenvalue weighted by molar-refractivity contribution is -0.153. The Morgan fingerprint density at radius 3 is 2.71 bits per heavy atom. The normalized spacial score (nSPS) is 22.3. The average molecular weight is 347 g/mol. The minimum Gasteiger partial charge on any atom is -0.458 e. The molecule has 24 heavy (non-hydrogen) atoms. The molecule has 1 N–H and O–H groups in total. The van der Waals surface area contributed by atoms with Crippen LogP contribution in [0.2, 0.25) is 0 Å². The second kappa shape index (κ2) is 8.06. The van der Waals surface area contributed by atoms with E-state index in [-0.39, 0.29) is 24.2 Å². The Balaban J connectivity index is 1.43. The molecular weight excluding hydrogens is 322 g/mol. The third-order valence-corrected chi connectivity index (χ3v) is 6.03. The van der Waals surface area contributed by atoms with Crippen molar-refractivity contribution in [2.24, 2.45) is 5.92 Å². The molecule has 1 saturated heterocycles. The molecule has 1 saturated carbocycles. The lowest BCUT2D eigenvalue weighted by atomic mass is 9.75. The summed E-state index contributed by atoms with van der Waals surface area (Å²) in [4.78, 5) is 24.3. The summed E-state index contributed by atoms with van der Waals surface area (Å²) in [6.45, 7) is 0.636. The van der Waals surface area contributed by atoms with E-state index in [1.54, 1.807) is 11.8 Å². The van der Waals surface area contributed by atoms with Crippen LogP contribution in [0.3, 0.4) is 0 Å². The number of rotatable bonds is 6. The van der Waals surface area contributed by atoms with Crippen molar-refractivity contribution in [2.75, 3.05) is 12.3 Å². The van der Waals surface area contributed by atoms with Crippen LogP contribution in [0, 0.1) is 5.92 Å². The maximum atomic E-state index is 12.5. The molecular formula is C19H25NO3S. The highest BCUT2D eigenvalue weighted by Crippen LogP contribution is 2.44. The number of amides is 1. The number of nitrogens with one attached hydrogen (secondary N) is 1. The largest absolute Gasteiger partial charge is 0.458 e. The second-order valence-corrected chi connectivity index (χ2v) is 7.79. The fourth-order valence-electron chi connectivity index (χ4n) is 3.76. The van der Waals surface area contributed by atoms with Gasteiger partial charge in [0, 0.05) is 18.1 Å². The van der Waals surface area contributed by atoms with Crippen molar-refractivity contribution in [1.82, 2.24) is 5.32 Å². The Kier molecular flexibility index (Phi) is 5.82. The van der Waals surface area contributed by atoms with Crippen LogP contribution in [-0.2, 0) is 20.1 Å². The van der Waals surface area contributed by atoms with Gasteiger partial charge in [0.25, 0.3) is 0 Å². The fourth-order valence-corrected chi connectivity index (χ4v) is 4.58. The van der Waals surface area contributed by atoms with E-state index in [1.165, 1.54) is 12.0 Å². The van der Waals surface area contributed by atoms with Crippen molar-refractivity contribution >= 4 is 23.6 Å². The number of carbonyl (C=O) groups excluding carboxylic acids is 2. The number of hydrogen-bond acceptors (Lipinski definition) is 4. The molecule has 0 aromatic heterocycles. The maximum absolute atomic E-state index is 12.5. The van der Waals surface area contributed by atoms with Gasteiger partial charge in [-0.15, -0.1) is 0 Å². The molecule has 0 radical (unpaired) electrons. The van der Waals surface area contributed by atoms with Crippen molar-refractivity contribution in [2.45, 2.75) is 49.9 Å². The van der Waals surface area contributed by atoms with Crippen LogP contribution in [0.1, 0.15) is 44.1 Å². The minimum absolute atomic E-state index is 0.0111. The Bertz CT molecular complexity index is 569. The topological polar surface area (TPSA) is 55.4 Å². The summed E-state index contributed by atoms with van der Waals surface area (Å²) in [5.74, 6) is 1.30. The third kappa shape index (κ3) is 4.12. The SMILES string of the molecule is O=C1C[C@H](C(=O)NCCSCc2ccccc2)C2(CCCCC2)O1. The summed E-state index contributed by atoms with van der Waals surface area (Å²) in [5, 5.41) is 3.01. The summed E-state index contributed by atoms with van der Waals surface area (Å²) < 4.78 is 5.60. The van der Waals surface area contributed by atoms with Crippen LogP contribution >= 0.6 is 11.8 Å². The quantitative estimate of drug-likeness (QED) is 0.634. The zero-order chi connectivity index (χ0) is 16.8. The zero-order valence-electron chi connectivity index (χ0n) is 14.0. The van der Waals surface area contributed by atoms with E-state index in [1.807, 2.05) is 18.2 Å². The third-order valence-electron chi connectivity index (χ3n) is 5.00. The Labute approximate surface area is 147 Å². The lowest BCUT2D eigenvalue weighted by Crippen LogP contribution is -2.46. The van der Waals surface area contributed by atoms with E-state index in [4.69, 9.17) is 4.74 Å². The smallest absolute Gasteiger partial charge is 0.307 e. The predicted octanol–water partition coefficient (Wildman–Crippen LogP) is 3.30. The molecule has 1 aliphatic heterocycles. The standard InChI is InChI=1S/C19H25NO3S/c21-17-13-16(19(23-17)9-5-2-6-10-19)18(22)20-11-12-24-14-15-7-3-1-4-8-15/h1,3-4,7-8,16H,2,5-6,9-14H2,(H,20,22)/t16-/m1/s1. The van der Waals surface area contributed by atoms with Gasteiger partial charge in [-0.05, 0) is 31.2 Å². The van der Waals surface area contributed by atoms with Gasteiger partial charge in [0.2, 0.25) is 5.91 Å². The molecule has 1 amide bonds. The molecule has 1 atom stereocenters. The van der Waals surface area contributed by atoms with E-state index in [9.17, 15) is 9.59 Å². The molecule has 1 spiro atoms. The van der Waals surface area contributed by atoms with Gasteiger partial charge in [-0.25, -0.2) is 0 Å². The van der Waals surface area contributed by atoms with Crippen molar-refractivity contribution in [3.8, 4) is 0 Å². The molecule has 1 heterocycles. The molecule has 2 fully saturated rings. The van der Waals surface area contributed by atoms with E-state index in [0.29, 0.717) is 6.54 Å². The van der Waals surface area contributed by atoms with Gasteiger partial charge in [-0.3, -0.25) is 9.59 Å². The molecule has 2 aliphatic rings. The highest BCUT2D eigenvalue weighted by Gasteiger charge is 2.52. The summed E-state index contributed by atoms with van der Waals surface area (Å²) in [6.07, 6.45) is 5.17. The van der Waals surface area contributed by atoms with E-state index >= 15 is 0 Å². The summed E-state index contributed by atoms with van der Waals surface area (Å²) in [6, 6.07) is 10.3. The molecule has 3 rings (SSSR count). The first-order chi connectivity index (χ1) is 11.7. The molecule has 1 aromatic rings.